The number of alkyl halides is 2. The van der Waals surface area contributed by atoms with Crippen LogP contribution in [0.3, 0.4) is 0 Å². The monoisotopic (exact) mass is 445 g/mol. The molecule has 11 heteroatoms. The van der Waals surface area contributed by atoms with Crippen molar-refractivity contribution in [1.29, 1.82) is 0 Å². The van der Waals surface area contributed by atoms with Gasteiger partial charge in [0.15, 0.2) is 5.69 Å². The van der Waals surface area contributed by atoms with Gasteiger partial charge in [-0.2, -0.15) is 19.0 Å². The van der Waals surface area contributed by atoms with E-state index in [2.05, 4.69) is 36.2 Å². The molecule has 0 atom stereocenters. The highest BCUT2D eigenvalue weighted by Gasteiger charge is 2.13. The summed E-state index contributed by atoms with van der Waals surface area (Å²) >= 11 is 9.15. The highest BCUT2D eigenvalue weighted by Crippen LogP contribution is 2.29. The number of carbonyl (C=O) groups is 1. The fourth-order valence-electron chi connectivity index (χ4n) is 2.09. The summed E-state index contributed by atoms with van der Waals surface area (Å²) in [7, 11) is 0. The molecule has 0 bridgehead atoms. The van der Waals surface area contributed by atoms with E-state index in [1.807, 2.05) is 0 Å². The third kappa shape index (κ3) is 4.58. The minimum absolute atomic E-state index is 0.0436. The van der Waals surface area contributed by atoms with Crippen LogP contribution in [-0.2, 0) is 6.67 Å². The number of carbonyl (C=O) groups excluding carboxylic acids is 1. The van der Waals surface area contributed by atoms with Crippen LogP contribution in [-0.4, -0.2) is 32.1 Å². The molecule has 0 saturated carbocycles. The van der Waals surface area contributed by atoms with Gasteiger partial charge in [-0.1, -0.05) is 11.6 Å². The third-order valence-corrected chi connectivity index (χ3v) is 3.88. The first-order valence-electron chi connectivity index (χ1n) is 7.18. The number of ether oxygens (including phenoxy) is 1. The van der Waals surface area contributed by atoms with Crippen molar-refractivity contribution >= 4 is 39.1 Å². The topological polar surface area (TPSA) is 74.0 Å². The van der Waals surface area contributed by atoms with Gasteiger partial charge in [-0.3, -0.25) is 9.48 Å². The lowest BCUT2D eigenvalue weighted by atomic mass is 10.3. The summed E-state index contributed by atoms with van der Waals surface area (Å²) in [5.74, 6) is -0.640. The van der Waals surface area contributed by atoms with Crippen molar-refractivity contribution in [1.82, 2.24) is 19.6 Å². The Hall–Kier alpha value is -2.46. The van der Waals surface area contributed by atoms with Crippen LogP contribution in [0.1, 0.15) is 10.5 Å². The number of halogens is 4. The number of rotatable bonds is 6. The molecule has 7 nitrogen and oxygen atoms in total. The minimum Gasteiger partial charge on any atom is -0.433 e. The Bertz CT molecular complexity index is 930. The molecule has 0 aliphatic heterocycles. The van der Waals surface area contributed by atoms with Gasteiger partial charge in [0.2, 0.25) is 0 Å². The number of nitrogens with one attached hydrogen (secondary N) is 1. The SMILES string of the molecule is O=C(Nc1ccc(OC(F)F)c(Cl)c1)c1ccn(Cn2cc(Br)cn2)n1. The molecule has 2 heterocycles. The molecule has 1 amide bonds. The molecule has 0 aliphatic carbocycles. The van der Waals surface area contributed by atoms with Crippen LogP contribution in [0.15, 0.2) is 47.3 Å². The van der Waals surface area contributed by atoms with E-state index >= 15 is 0 Å². The molecule has 3 rings (SSSR count). The van der Waals surface area contributed by atoms with Gasteiger partial charge in [-0.15, -0.1) is 0 Å². The summed E-state index contributed by atoms with van der Waals surface area (Å²) in [4.78, 5) is 12.2. The molecule has 0 aliphatic rings. The van der Waals surface area contributed by atoms with Crippen molar-refractivity contribution in [3.63, 3.8) is 0 Å². The van der Waals surface area contributed by atoms with E-state index in [9.17, 15) is 13.6 Å². The molecule has 3 aromatic rings. The van der Waals surface area contributed by atoms with Crippen molar-refractivity contribution < 1.29 is 18.3 Å². The first-order chi connectivity index (χ1) is 12.4. The maximum atomic E-state index is 12.2. The van der Waals surface area contributed by atoms with Crippen molar-refractivity contribution in [2.45, 2.75) is 13.3 Å². The van der Waals surface area contributed by atoms with Gasteiger partial charge in [-0.25, -0.2) is 4.68 Å². The summed E-state index contributed by atoms with van der Waals surface area (Å²) in [6.45, 7) is -2.64. The van der Waals surface area contributed by atoms with Gasteiger partial charge in [0.1, 0.15) is 12.4 Å². The van der Waals surface area contributed by atoms with Crippen LogP contribution in [0.5, 0.6) is 5.75 Å². The third-order valence-electron chi connectivity index (χ3n) is 3.17. The average molecular weight is 447 g/mol. The van der Waals surface area contributed by atoms with Crippen molar-refractivity contribution in [2.24, 2.45) is 0 Å². The second kappa shape index (κ2) is 7.83. The number of anilines is 1. The average Bonchev–Trinajstić information content (AvgIpc) is 3.19. The fourth-order valence-corrected chi connectivity index (χ4v) is 2.64. The predicted octanol–water partition coefficient (Wildman–Crippen LogP) is 3.86. The molecule has 0 unspecified atom stereocenters. The van der Waals surface area contributed by atoms with Gasteiger partial charge < -0.3 is 10.1 Å². The maximum absolute atomic E-state index is 12.2. The lowest BCUT2D eigenvalue weighted by molar-refractivity contribution is -0.0497. The number of hydrogen-bond donors (Lipinski definition) is 1. The lowest BCUT2D eigenvalue weighted by Crippen LogP contribution is -2.15. The molecule has 2 aromatic heterocycles. The van der Waals surface area contributed by atoms with E-state index in [1.165, 1.54) is 18.2 Å². The Labute approximate surface area is 159 Å². The largest absolute Gasteiger partial charge is 0.433 e. The molecular weight excluding hydrogens is 436 g/mol. The van der Waals surface area contributed by atoms with E-state index in [0.717, 1.165) is 4.47 Å². The first kappa shape index (κ1) is 18.3. The van der Waals surface area contributed by atoms with Gasteiger partial charge in [0, 0.05) is 18.1 Å². The molecule has 0 fully saturated rings. The molecule has 0 radical (unpaired) electrons. The predicted molar refractivity (Wildman–Crippen MR) is 93.6 cm³/mol. The minimum atomic E-state index is -2.98. The molecule has 1 N–H and O–H groups in total. The number of hydrogen-bond acceptors (Lipinski definition) is 4. The smallest absolute Gasteiger partial charge is 0.387 e. The molecule has 136 valence electrons. The molecule has 0 saturated heterocycles. The number of amides is 1. The van der Waals surface area contributed by atoms with Crippen LogP contribution in [0.25, 0.3) is 0 Å². The number of nitrogens with zero attached hydrogens (tertiary/aromatic N) is 4. The van der Waals surface area contributed by atoms with E-state index in [-0.39, 0.29) is 16.5 Å². The summed E-state index contributed by atoms with van der Waals surface area (Å²) in [5.41, 5.74) is 0.507. The highest BCUT2D eigenvalue weighted by molar-refractivity contribution is 9.10. The lowest BCUT2D eigenvalue weighted by Gasteiger charge is -2.09. The van der Waals surface area contributed by atoms with E-state index in [4.69, 9.17) is 11.6 Å². The van der Waals surface area contributed by atoms with E-state index in [0.29, 0.717) is 12.4 Å². The molecular formula is C15H11BrClF2N5O2. The second-order valence-corrected chi connectivity index (χ2v) is 6.38. The molecule has 26 heavy (non-hydrogen) atoms. The summed E-state index contributed by atoms with van der Waals surface area (Å²) in [5, 5.41) is 10.8. The zero-order valence-electron chi connectivity index (χ0n) is 12.9. The Balaban J connectivity index is 1.65. The van der Waals surface area contributed by atoms with Crippen LogP contribution >= 0.6 is 27.5 Å². The fraction of sp³-hybridized carbons (Fsp3) is 0.133. The van der Waals surface area contributed by atoms with Crippen molar-refractivity contribution in [2.75, 3.05) is 5.32 Å². The number of benzene rings is 1. The molecule has 1 aromatic carbocycles. The summed E-state index contributed by atoms with van der Waals surface area (Å²) < 4.78 is 32.7. The second-order valence-electron chi connectivity index (χ2n) is 5.06. The zero-order valence-corrected chi connectivity index (χ0v) is 15.3. The highest BCUT2D eigenvalue weighted by atomic mass is 79.9. The van der Waals surface area contributed by atoms with Gasteiger partial charge in [0.05, 0.1) is 15.7 Å². The van der Waals surface area contributed by atoms with Crippen LogP contribution in [0, 0.1) is 0 Å². The van der Waals surface area contributed by atoms with E-state index < -0.39 is 12.5 Å². The number of aromatic nitrogens is 4. The Morgan fingerprint density at radius 1 is 1.35 bits per heavy atom. The summed E-state index contributed by atoms with van der Waals surface area (Å²) in [6, 6.07) is 5.51. The van der Waals surface area contributed by atoms with Crippen LogP contribution < -0.4 is 10.1 Å². The quantitative estimate of drug-likeness (QED) is 0.624. The standard InChI is InChI=1S/C15H11BrClF2N5O2/c16-9-6-20-24(7-9)8-23-4-3-12(22-23)14(25)21-10-1-2-13(11(17)5-10)26-15(18)19/h1-7,15H,8H2,(H,21,25). The van der Waals surface area contributed by atoms with E-state index in [1.54, 1.807) is 34.0 Å². The Kier molecular flexibility index (Phi) is 5.52. The van der Waals surface area contributed by atoms with Crippen LogP contribution in [0.2, 0.25) is 5.02 Å². The van der Waals surface area contributed by atoms with Crippen molar-refractivity contribution in [3.05, 3.63) is 58.0 Å². The Morgan fingerprint density at radius 3 is 2.81 bits per heavy atom. The van der Waals surface area contributed by atoms with Gasteiger partial charge in [0.25, 0.3) is 5.91 Å². The van der Waals surface area contributed by atoms with Crippen LogP contribution in [0.4, 0.5) is 14.5 Å². The van der Waals surface area contributed by atoms with Gasteiger partial charge >= 0.3 is 6.61 Å². The van der Waals surface area contributed by atoms with Crippen molar-refractivity contribution in [3.8, 4) is 5.75 Å². The normalized spacial score (nSPS) is 11.0. The zero-order chi connectivity index (χ0) is 18.7. The van der Waals surface area contributed by atoms with Gasteiger partial charge in [-0.05, 0) is 40.2 Å². The maximum Gasteiger partial charge on any atom is 0.387 e. The first-order valence-corrected chi connectivity index (χ1v) is 8.35. The molecule has 0 spiro atoms. The Morgan fingerprint density at radius 2 is 2.15 bits per heavy atom. The summed E-state index contributed by atoms with van der Waals surface area (Å²) in [6.07, 6.45) is 5.05.